The fraction of sp³-hybridized carbons (Fsp3) is 0.579. The zero-order valence-corrected chi connectivity index (χ0v) is 15.0. The van der Waals surface area contributed by atoms with Crippen molar-refractivity contribution in [3.05, 3.63) is 34.9 Å². The Kier molecular flexibility index (Phi) is 5.19. The topological polar surface area (TPSA) is 70.8 Å². The first-order valence-electron chi connectivity index (χ1n) is 9.40. The van der Waals surface area contributed by atoms with Crippen LogP contribution in [-0.4, -0.2) is 72.1 Å². The summed E-state index contributed by atoms with van der Waals surface area (Å²) >= 11 is 0. The molecule has 140 valence electrons. The predicted molar refractivity (Wildman–Crippen MR) is 101 cm³/mol. The van der Waals surface area contributed by atoms with Gasteiger partial charge in [-0.05, 0) is 30.5 Å². The molecule has 1 atom stereocenters. The third-order valence-electron chi connectivity index (χ3n) is 5.43. The maximum absolute atomic E-state index is 12.4. The SMILES string of the molecule is O=c1c2ccc(N3CCN(CC4CCOC4)CC3)cc2ncn1CCO. The lowest BCUT2D eigenvalue weighted by atomic mass is 10.1. The summed E-state index contributed by atoms with van der Waals surface area (Å²) in [6.07, 6.45) is 2.71. The molecule has 26 heavy (non-hydrogen) atoms. The number of hydrogen-bond acceptors (Lipinski definition) is 6. The first kappa shape index (κ1) is 17.5. The van der Waals surface area contributed by atoms with Crippen LogP contribution in [-0.2, 0) is 11.3 Å². The number of nitrogens with zero attached hydrogens (tertiary/aromatic N) is 4. The fourth-order valence-corrected chi connectivity index (χ4v) is 3.89. The van der Waals surface area contributed by atoms with Gasteiger partial charge < -0.3 is 14.7 Å². The lowest BCUT2D eigenvalue weighted by Gasteiger charge is -2.37. The third-order valence-corrected chi connectivity index (χ3v) is 5.43. The molecule has 0 radical (unpaired) electrons. The van der Waals surface area contributed by atoms with E-state index in [4.69, 9.17) is 9.84 Å². The smallest absolute Gasteiger partial charge is 0.261 e. The Hall–Kier alpha value is -1.96. The zero-order chi connectivity index (χ0) is 17.9. The summed E-state index contributed by atoms with van der Waals surface area (Å²) in [6.45, 7) is 7.25. The summed E-state index contributed by atoms with van der Waals surface area (Å²) in [5, 5.41) is 9.64. The van der Waals surface area contributed by atoms with Crippen molar-refractivity contribution in [2.45, 2.75) is 13.0 Å². The number of hydrogen-bond donors (Lipinski definition) is 1. The normalized spacial score (nSPS) is 21.6. The minimum atomic E-state index is -0.0980. The minimum Gasteiger partial charge on any atom is -0.395 e. The molecule has 1 unspecified atom stereocenters. The summed E-state index contributed by atoms with van der Waals surface area (Å²) < 4.78 is 6.93. The summed E-state index contributed by atoms with van der Waals surface area (Å²) in [7, 11) is 0. The Morgan fingerprint density at radius 3 is 2.81 bits per heavy atom. The van der Waals surface area contributed by atoms with E-state index in [-0.39, 0.29) is 18.7 Å². The molecule has 4 rings (SSSR count). The highest BCUT2D eigenvalue weighted by Gasteiger charge is 2.23. The first-order chi connectivity index (χ1) is 12.7. The Balaban J connectivity index is 1.44. The standard InChI is InChI=1S/C19H26N4O3/c24-9-8-23-14-20-18-11-16(1-2-17(18)19(23)25)22-6-4-21(5-7-22)12-15-3-10-26-13-15/h1-2,11,14-15,24H,3-10,12-13H2. The highest BCUT2D eigenvalue weighted by molar-refractivity contribution is 5.81. The number of ether oxygens (including phenoxy) is 1. The van der Waals surface area contributed by atoms with Gasteiger partial charge in [0.15, 0.2) is 0 Å². The van der Waals surface area contributed by atoms with E-state index in [2.05, 4.69) is 14.8 Å². The van der Waals surface area contributed by atoms with Crippen LogP contribution in [0.25, 0.3) is 10.9 Å². The van der Waals surface area contributed by atoms with Crippen LogP contribution in [0.1, 0.15) is 6.42 Å². The number of aliphatic hydroxyl groups excluding tert-OH is 1. The minimum absolute atomic E-state index is 0.0670. The monoisotopic (exact) mass is 358 g/mol. The molecule has 0 saturated carbocycles. The number of aromatic nitrogens is 2. The third kappa shape index (κ3) is 3.60. The molecule has 7 heteroatoms. The summed E-state index contributed by atoms with van der Waals surface area (Å²) in [5.74, 6) is 0.688. The molecule has 7 nitrogen and oxygen atoms in total. The molecule has 0 amide bonds. The van der Waals surface area contributed by atoms with Crippen LogP contribution in [0.2, 0.25) is 0 Å². The Bertz CT molecular complexity index is 808. The number of rotatable bonds is 5. The molecular formula is C19H26N4O3. The van der Waals surface area contributed by atoms with Gasteiger partial charge in [0, 0.05) is 45.0 Å². The van der Waals surface area contributed by atoms with Crippen molar-refractivity contribution in [1.29, 1.82) is 0 Å². The van der Waals surface area contributed by atoms with Crippen molar-refractivity contribution in [3.63, 3.8) is 0 Å². The van der Waals surface area contributed by atoms with Gasteiger partial charge in [0.1, 0.15) is 0 Å². The van der Waals surface area contributed by atoms with E-state index in [1.807, 2.05) is 18.2 Å². The maximum atomic E-state index is 12.4. The van der Waals surface area contributed by atoms with Gasteiger partial charge in [-0.1, -0.05) is 0 Å². The first-order valence-corrected chi connectivity index (χ1v) is 9.40. The Labute approximate surface area is 152 Å². The van der Waals surface area contributed by atoms with Gasteiger partial charge in [-0.25, -0.2) is 4.98 Å². The van der Waals surface area contributed by atoms with Crippen LogP contribution >= 0.6 is 0 Å². The summed E-state index contributed by atoms with van der Waals surface area (Å²) in [5.41, 5.74) is 1.74. The lowest BCUT2D eigenvalue weighted by molar-refractivity contribution is 0.164. The van der Waals surface area contributed by atoms with Crippen LogP contribution in [0.4, 0.5) is 5.69 Å². The van der Waals surface area contributed by atoms with Gasteiger partial charge in [-0.2, -0.15) is 0 Å². The predicted octanol–water partition coefficient (Wildman–Crippen LogP) is 0.547. The molecule has 1 N–H and O–H groups in total. The molecule has 1 aromatic heterocycles. The molecule has 0 spiro atoms. The quantitative estimate of drug-likeness (QED) is 0.842. The second-order valence-electron chi connectivity index (χ2n) is 7.19. The fourth-order valence-electron chi connectivity index (χ4n) is 3.89. The molecule has 2 aromatic rings. The number of piperazine rings is 1. The van der Waals surface area contributed by atoms with Gasteiger partial charge in [-0.15, -0.1) is 0 Å². The van der Waals surface area contributed by atoms with Crippen LogP contribution in [0.15, 0.2) is 29.3 Å². The molecule has 2 aliphatic heterocycles. The summed E-state index contributed by atoms with van der Waals surface area (Å²) in [4.78, 5) is 21.7. The van der Waals surface area contributed by atoms with Crippen molar-refractivity contribution in [3.8, 4) is 0 Å². The zero-order valence-electron chi connectivity index (χ0n) is 15.0. The molecule has 2 saturated heterocycles. The number of benzene rings is 1. The van der Waals surface area contributed by atoms with E-state index < -0.39 is 0 Å². The van der Waals surface area contributed by atoms with Crippen molar-refractivity contribution >= 4 is 16.6 Å². The number of anilines is 1. The molecule has 3 heterocycles. The molecule has 2 fully saturated rings. The van der Waals surface area contributed by atoms with E-state index in [0.717, 1.165) is 51.6 Å². The maximum Gasteiger partial charge on any atom is 0.261 e. The largest absolute Gasteiger partial charge is 0.395 e. The van der Waals surface area contributed by atoms with Crippen molar-refractivity contribution in [1.82, 2.24) is 14.5 Å². The van der Waals surface area contributed by atoms with E-state index in [0.29, 0.717) is 16.8 Å². The number of fused-ring (bicyclic) bond motifs is 1. The van der Waals surface area contributed by atoms with Gasteiger partial charge in [0.25, 0.3) is 5.56 Å². The van der Waals surface area contributed by atoms with E-state index >= 15 is 0 Å². The second kappa shape index (κ2) is 7.73. The van der Waals surface area contributed by atoms with E-state index in [1.165, 1.54) is 17.3 Å². The highest BCUT2D eigenvalue weighted by Crippen LogP contribution is 2.21. The van der Waals surface area contributed by atoms with Crippen molar-refractivity contribution < 1.29 is 9.84 Å². The van der Waals surface area contributed by atoms with Crippen LogP contribution in [0.3, 0.4) is 0 Å². The van der Waals surface area contributed by atoms with Crippen molar-refractivity contribution in [2.24, 2.45) is 5.92 Å². The molecule has 0 aliphatic carbocycles. The van der Waals surface area contributed by atoms with Gasteiger partial charge in [0.2, 0.25) is 0 Å². The van der Waals surface area contributed by atoms with Crippen LogP contribution in [0.5, 0.6) is 0 Å². The molecule has 0 bridgehead atoms. The van der Waals surface area contributed by atoms with Crippen LogP contribution in [0, 0.1) is 5.92 Å². The number of aliphatic hydroxyl groups is 1. The van der Waals surface area contributed by atoms with E-state index in [9.17, 15) is 4.79 Å². The molecule has 2 aliphatic rings. The second-order valence-corrected chi connectivity index (χ2v) is 7.19. The molecule has 1 aromatic carbocycles. The van der Waals surface area contributed by atoms with Crippen LogP contribution < -0.4 is 10.5 Å². The van der Waals surface area contributed by atoms with Crippen molar-refractivity contribution in [2.75, 3.05) is 57.4 Å². The Morgan fingerprint density at radius 2 is 2.08 bits per heavy atom. The van der Waals surface area contributed by atoms with Gasteiger partial charge in [-0.3, -0.25) is 14.3 Å². The average Bonchev–Trinajstić information content (AvgIpc) is 3.18. The molecular weight excluding hydrogens is 332 g/mol. The van der Waals surface area contributed by atoms with Gasteiger partial charge in [0.05, 0.1) is 37.0 Å². The Morgan fingerprint density at radius 1 is 1.23 bits per heavy atom. The summed E-state index contributed by atoms with van der Waals surface area (Å²) in [6, 6.07) is 5.87. The highest BCUT2D eigenvalue weighted by atomic mass is 16.5. The lowest BCUT2D eigenvalue weighted by Crippen LogP contribution is -2.47. The van der Waals surface area contributed by atoms with E-state index in [1.54, 1.807) is 0 Å². The average molecular weight is 358 g/mol. The van der Waals surface area contributed by atoms with Gasteiger partial charge >= 0.3 is 0 Å².